The van der Waals surface area contributed by atoms with Gasteiger partial charge in [-0.3, -0.25) is 9.59 Å². The number of hydrogen-bond donors (Lipinski definition) is 2. The number of rotatable bonds is 5. The summed E-state index contributed by atoms with van der Waals surface area (Å²) < 4.78 is 5.71. The number of esters is 1. The van der Waals surface area contributed by atoms with Crippen LogP contribution in [-0.2, 0) is 19.1 Å². The topological polar surface area (TPSA) is 101 Å². The van der Waals surface area contributed by atoms with Crippen molar-refractivity contribution in [2.75, 3.05) is 0 Å². The molecule has 0 heterocycles. The van der Waals surface area contributed by atoms with E-state index in [9.17, 15) is 24.6 Å². The third-order valence-corrected chi connectivity index (χ3v) is 9.66. The molecule has 4 rings (SSSR count). The van der Waals surface area contributed by atoms with E-state index >= 15 is 0 Å². The van der Waals surface area contributed by atoms with Crippen molar-refractivity contribution in [1.82, 2.24) is 0 Å². The molecule has 6 nitrogen and oxygen atoms in total. The van der Waals surface area contributed by atoms with Gasteiger partial charge >= 0.3 is 11.9 Å². The normalized spacial score (nSPS) is 41.9. The van der Waals surface area contributed by atoms with E-state index in [4.69, 9.17) is 4.74 Å². The number of fused-ring (bicyclic) bond motifs is 5. The van der Waals surface area contributed by atoms with E-state index in [1.165, 1.54) is 0 Å². The monoisotopic (exact) mass is 446 g/mol. The molecule has 0 aromatic rings. The molecule has 4 aliphatic rings. The molecule has 4 aliphatic carbocycles. The zero-order valence-electron chi connectivity index (χ0n) is 19.8. The Morgan fingerprint density at radius 2 is 1.88 bits per heavy atom. The molecule has 6 heteroatoms. The molecule has 0 aromatic carbocycles. The van der Waals surface area contributed by atoms with E-state index in [2.05, 4.69) is 13.8 Å². The van der Waals surface area contributed by atoms with Gasteiger partial charge < -0.3 is 14.9 Å². The highest BCUT2D eigenvalue weighted by Gasteiger charge is 2.62. The van der Waals surface area contributed by atoms with Crippen LogP contribution in [0.5, 0.6) is 0 Å². The van der Waals surface area contributed by atoms with Crippen molar-refractivity contribution < 1.29 is 29.3 Å². The van der Waals surface area contributed by atoms with Gasteiger partial charge in [0.2, 0.25) is 0 Å². The van der Waals surface area contributed by atoms with Gasteiger partial charge in [0, 0.05) is 6.42 Å². The maximum atomic E-state index is 13.3. The van der Waals surface area contributed by atoms with Crippen molar-refractivity contribution in [3.63, 3.8) is 0 Å². The lowest BCUT2D eigenvalue weighted by Gasteiger charge is -2.60. The number of carbonyl (C=O) groups excluding carboxylic acids is 2. The van der Waals surface area contributed by atoms with E-state index in [-0.39, 0.29) is 52.9 Å². The Morgan fingerprint density at radius 3 is 2.53 bits per heavy atom. The SMILES string of the molecule is CC(C)OC(=O)[C@@H]1CC2=CC(=O)CC[C@]2(C)[C@H]2CC[C@]3(C)[C@H](CC(O)C(=O)O)CC[C@H]3[C@H]12. The summed E-state index contributed by atoms with van der Waals surface area (Å²) in [5.74, 6) is -0.488. The third kappa shape index (κ3) is 3.72. The summed E-state index contributed by atoms with van der Waals surface area (Å²) in [4.78, 5) is 36.9. The Balaban J connectivity index is 1.70. The smallest absolute Gasteiger partial charge is 0.332 e. The maximum Gasteiger partial charge on any atom is 0.332 e. The van der Waals surface area contributed by atoms with Crippen LogP contribution in [-0.4, -0.2) is 40.1 Å². The first-order chi connectivity index (χ1) is 15.0. The van der Waals surface area contributed by atoms with Crippen molar-refractivity contribution in [1.29, 1.82) is 0 Å². The fourth-order valence-electron chi connectivity index (χ4n) is 7.99. The van der Waals surface area contributed by atoms with Crippen molar-refractivity contribution in [3.8, 4) is 0 Å². The first-order valence-corrected chi connectivity index (χ1v) is 12.3. The Kier molecular flexibility index (Phi) is 6.06. The molecule has 0 aliphatic heterocycles. The zero-order chi connectivity index (χ0) is 23.4. The van der Waals surface area contributed by atoms with E-state index in [0.717, 1.165) is 37.7 Å². The number of aliphatic carboxylic acids is 1. The predicted octanol–water partition coefficient (Wildman–Crippen LogP) is 4.15. The number of hydrogen-bond acceptors (Lipinski definition) is 5. The van der Waals surface area contributed by atoms with Crippen LogP contribution in [0.15, 0.2) is 11.6 Å². The quantitative estimate of drug-likeness (QED) is 0.616. The molecule has 0 bridgehead atoms. The van der Waals surface area contributed by atoms with E-state index < -0.39 is 12.1 Å². The molecular formula is C26H38O6. The molecule has 0 aromatic heterocycles. The predicted molar refractivity (Wildman–Crippen MR) is 119 cm³/mol. The molecule has 178 valence electrons. The molecule has 32 heavy (non-hydrogen) atoms. The number of carbonyl (C=O) groups is 3. The van der Waals surface area contributed by atoms with Crippen LogP contribution in [0.3, 0.4) is 0 Å². The minimum atomic E-state index is -1.34. The van der Waals surface area contributed by atoms with Gasteiger partial charge in [0.15, 0.2) is 11.9 Å². The number of carboxylic acid groups (broad SMARTS) is 1. The summed E-state index contributed by atoms with van der Waals surface area (Å²) in [5, 5.41) is 19.3. The van der Waals surface area contributed by atoms with Crippen LogP contribution in [0.2, 0.25) is 0 Å². The fourth-order valence-corrected chi connectivity index (χ4v) is 7.99. The average Bonchev–Trinajstić information content (AvgIpc) is 3.03. The Labute approximate surface area is 190 Å². The van der Waals surface area contributed by atoms with Gasteiger partial charge in [-0.05, 0) is 99.4 Å². The maximum absolute atomic E-state index is 13.3. The number of aliphatic hydroxyl groups is 1. The standard InChI is InChI=1S/C26H38O6/c1-14(2)32-24(31)18-12-16-11-17(27)7-9-26(16,4)20-8-10-25(3)15(13-21(28)23(29)30)5-6-19(25)22(18)20/h11,14-15,18-22,28H,5-10,12-13H2,1-4H3,(H,29,30)/t15-,18+,19-,20-,21?,22-,25+,26-/m0/s1. The van der Waals surface area contributed by atoms with Gasteiger partial charge in [-0.25, -0.2) is 4.79 Å². The van der Waals surface area contributed by atoms with E-state index in [0.29, 0.717) is 24.7 Å². The molecule has 8 atom stereocenters. The first kappa shape index (κ1) is 23.5. The Morgan fingerprint density at radius 1 is 1.16 bits per heavy atom. The second kappa shape index (κ2) is 8.27. The summed E-state index contributed by atoms with van der Waals surface area (Å²) in [6.07, 6.45) is 6.34. The van der Waals surface area contributed by atoms with E-state index in [1.807, 2.05) is 19.9 Å². The molecule has 2 N–H and O–H groups in total. The lowest BCUT2D eigenvalue weighted by atomic mass is 9.44. The Bertz CT molecular complexity index is 830. The van der Waals surface area contributed by atoms with Crippen LogP contribution in [0.4, 0.5) is 0 Å². The van der Waals surface area contributed by atoms with E-state index in [1.54, 1.807) is 0 Å². The van der Waals surface area contributed by atoms with Crippen molar-refractivity contribution >= 4 is 17.7 Å². The number of ether oxygens (including phenoxy) is 1. The molecule has 0 saturated heterocycles. The summed E-state index contributed by atoms with van der Waals surface area (Å²) in [7, 11) is 0. The van der Waals surface area contributed by atoms with Crippen LogP contribution < -0.4 is 0 Å². The van der Waals surface area contributed by atoms with Crippen molar-refractivity contribution in [2.45, 2.75) is 91.3 Å². The van der Waals surface area contributed by atoms with Crippen LogP contribution >= 0.6 is 0 Å². The lowest BCUT2D eigenvalue weighted by molar-refractivity contribution is -0.165. The number of allylic oxidation sites excluding steroid dienone is 1. The molecule has 0 amide bonds. The molecule has 0 spiro atoms. The Hall–Kier alpha value is -1.69. The summed E-state index contributed by atoms with van der Waals surface area (Å²) in [6, 6.07) is 0. The van der Waals surface area contributed by atoms with Gasteiger partial charge in [-0.15, -0.1) is 0 Å². The largest absolute Gasteiger partial charge is 0.479 e. The molecule has 0 radical (unpaired) electrons. The molecule has 1 unspecified atom stereocenters. The lowest BCUT2D eigenvalue weighted by Crippen LogP contribution is -2.55. The second-order valence-electron chi connectivity index (χ2n) is 11.5. The summed E-state index contributed by atoms with van der Waals surface area (Å²) >= 11 is 0. The number of carboxylic acids is 1. The minimum Gasteiger partial charge on any atom is -0.479 e. The van der Waals surface area contributed by atoms with Gasteiger partial charge in [-0.1, -0.05) is 19.4 Å². The van der Waals surface area contributed by atoms with Gasteiger partial charge in [0.25, 0.3) is 0 Å². The van der Waals surface area contributed by atoms with Gasteiger partial charge in [0.1, 0.15) is 0 Å². The highest BCUT2D eigenvalue weighted by molar-refractivity contribution is 5.92. The van der Waals surface area contributed by atoms with Gasteiger partial charge in [-0.2, -0.15) is 0 Å². The number of ketones is 1. The summed E-state index contributed by atoms with van der Waals surface area (Å²) in [5.41, 5.74) is 0.976. The third-order valence-electron chi connectivity index (χ3n) is 9.66. The first-order valence-electron chi connectivity index (χ1n) is 12.3. The molecule has 3 fully saturated rings. The van der Waals surface area contributed by atoms with Crippen LogP contribution in [0.25, 0.3) is 0 Å². The molecule has 3 saturated carbocycles. The zero-order valence-corrected chi connectivity index (χ0v) is 19.8. The average molecular weight is 447 g/mol. The van der Waals surface area contributed by atoms with Gasteiger partial charge in [0.05, 0.1) is 12.0 Å². The number of aliphatic hydroxyl groups excluding tert-OH is 1. The van der Waals surface area contributed by atoms with Crippen LogP contribution in [0.1, 0.15) is 79.1 Å². The highest BCUT2D eigenvalue weighted by atomic mass is 16.5. The minimum absolute atomic E-state index is 0.0623. The fraction of sp³-hybridized carbons (Fsp3) is 0.808. The molecular weight excluding hydrogens is 408 g/mol. The highest BCUT2D eigenvalue weighted by Crippen LogP contribution is 2.68. The van der Waals surface area contributed by atoms with Crippen LogP contribution in [0, 0.1) is 40.4 Å². The second-order valence-corrected chi connectivity index (χ2v) is 11.5. The van der Waals surface area contributed by atoms with Crippen molar-refractivity contribution in [2.24, 2.45) is 40.4 Å². The summed E-state index contributed by atoms with van der Waals surface area (Å²) in [6.45, 7) is 8.28. The van der Waals surface area contributed by atoms with Crippen molar-refractivity contribution in [3.05, 3.63) is 11.6 Å².